The van der Waals surface area contributed by atoms with E-state index in [1.807, 2.05) is 24.3 Å². The van der Waals surface area contributed by atoms with Gasteiger partial charge in [0.05, 0.1) is 19.2 Å². The number of ether oxygens (including phenoxy) is 1. The van der Waals surface area contributed by atoms with Crippen LogP contribution >= 0.6 is 0 Å². The first kappa shape index (κ1) is 29.6. The van der Waals surface area contributed by atoms with Crippen LogP contribution in [0.4, 0.5) is 4.79 Å². The molecule has 4 amide bonds. The predicted molar refractivity (Wildman–Crippen MR) is 145 cm³/mol. The van der Waals surface area contributed by atoms with Crippen LogP contribution in [0.2, 0.25) is 0 Å². The van der Waals surface area contributed by atoms with Gasteiger partial charge in [-0.15, -0.1) is 0 Å². The number of rotatable bonds is 5. The highest BCUT2D eigenvalue weighted by Crippen LogP contribution is 2.35. The molecule has 2 fully saturated rings. The van der Waals surface area contributed by atoms with Gasteiger partial charge in [-0.05, 0) is 46.1 Å². The first-order chi connectivity index (χ1) is 18.7. The van der Waals surface area contributed by atoms with Crippen molar-refractivity contribution in [2.45, 2.75) is 76.2 Å². The Bertz CT molecular complexity index is 1280. The Morgan fingerprint density at radius 1 is 1.12 bits per heavy atom. The molecule has 12 nitrogen and oxygen atoms in total. The van der Waals surface area contributed by atoms with E-state index in [0.29, 0.717) is 38.0 Å². The molecule has 0 spiro atoms. The van der Waals surface area contributed by atoms with E-state index in [0.717, 1.165) is 16.7 Å². The van der Waals surface area contributed by atoms with E-state index in [9.17, 15) is 32.7 Å². The Kier molecular flexibility index (Phi) is 8.34. The van der Waals surface area contributed by atoms with Gasteiger partial charge in [0.15, 0.2) is 9.84 Å². The molecule has 13 heteroatoms. The molecule has 1 aromatic carbocycles. The zero-order valence-electron chi connectivity index (χ0n) is 23.3. The molecule has 0 radical (unpaired) electrons. The number of fused-ring (bicyclic) bond motifs is 2. The van der Waals surface area contributed by atoms with Crippen LogP contribution in [0.1, 0.15) is 58.1 Å². The molecule has 0 saturated carbocycles. The summed E-state index contributed by atoms with van der Waals surface area (Å²) in [5.41, 5.74) is -0.159. The fourth-order valence-electron chi connectivity index (χ4n) is 5.99. The van der Waals surface area contributed by atoms with Gasteiger partial charge in [-0.3, -0.25) is 19.3 Å². The molecule has 1 aromatic rings. The lowest BCUT2D eigenvalue weighted by Crippen LogP contribution is -2.65. The number of nitrogens with zero attached hydrogens (tertiary/aromatic N) is 3. The van der Waals surface area contributed by atoms with Gasteiger partial charge in [-0.2, -0.15) is 0 Å². The second-order valence-corrected chi connectivity index (χ2v) is 13.9. The van der Waals surface area contributed by atoms with Crippen LogP contribution in [0.15, 0.2) is 24.3 Å². The molecule has 4 atom stereocenters. The maximum atomic E-state index is 14.2. The third-order valence-electron chi connectivity index (χ3n) is 7.72. The summed E-state index contributed by atoms with van der Waals surface area (Å²) in [4.78, 5) is 57.0. The summed E-state index contributed by atoms with van der Waals surface area (Å²) in [5.74, 6) is -1.60. The highest BCUT2D eigenvalue weighted by Gasteiger charge is 2.49. The summed E-state index contributed by atoms with van der Waals surface area (Å²) in [6.07, 6.45) is 1.41. The van der Waals surface area contributed by atoms with Crippen molar-refractivity contribution in [1.29, 1.82) is 0 Å². The predicted octanol–water partition coefficient (Wildman–Crippen LogP) is 1.41. The lowest BCUT2D eigenvalue weighted by Gasteiger charge is -2.45. The van der Waals surface area contributed by atoms with Crippen molar-refractivity contribution < 1.29 is 37.4 Å². The molecule has 2 N–H and O–H groups in total. The Hall–Kier alpha value is -3.35. The van der Waals surface area contributed by atoms with E-state index in [1.165, 1.54) is 9.80 Å². The highest BCUT2D eigenvalue weighted by atomic mass is 32.2. The number of carbonyl (C=O) groups excluding carboxylic acids is 3. The summed E-state index contributed by atoms with van der Waals surface area (Å²) in [6.45, 7) is 5.20. The van der Waals surface area contributed by atoms with E-state index in [4.69, 9.17) is 4.74 Å². The molecule has 40 heavy (non-hydrogen) atoms. The molecule has 0 aliphatic carbocycles. The Balaban J connectivity index is 1.64. The molecule has 0 unspecified atom stereocenters. The van der Waals surface area contributed by atoms with E-state index in [2.05, 4.69) is 5.32 Å². The molecular weight excluding hydrogens is 540 g/mol. The largest absolute Gasteiger partial charge is 0.493 e. The quantitative estimate of drug-likeness (QED) is 0.532. The zero-order valence-corrected chi connectivity index (χ0v) is 24.1. The number of benzene rings is 1. The third-order valence-corrected chi connectivity index (χ3v) is 8.50. The molecule has 3 heterocycles. The molecule has 0 aromatic heterocycles. The minimum absolute atomic E-state index is 0.137. The Labute approximate surface area is 234 Å². The second-order valence-electron chi connectivity index (χ2n) is 11.8. The summed E-state index contributed by atoms with van der Waals surface area (Å²) >= 11 is 0. The van der Waals surface area contributed by atoms with Crippen LogP contribution in [0.25, 0.3) is 0 Å². The van der Waals surface area contributed by atoms with Gasteiger partial charge in [0, 0.05) is 36.4 Å². The smallest absolute Gasteiger partial charge is 0.408 e. The van der Waals surface area contributed by atoms with Crippen LogP contribution in [0.5, 0.6) is 5.75 Å². The van der Waals surface area contributed by atoms with Crippen molar-refractivity contribution in [3.8, 4) is 5.75 Å². The van der Waals surface area contributed by atoms with Gasteiger partial charge in [0.1, 0.15) is 23.6 Å². The van der Waals surface area contributed by atoms with Gasteiger partial charge in [0.25, 0.3) is 0 Å². The highest BCUT2D eigenvalue weighted by molar-refractivity contribution is 7.91. The van der Waals surface area contributed by atoms with Crippen LogP contribution in [0, 0.1) is 0 Å². The van der Waals surface area contributed by atoms with Crippen molar-refractivity contribution in [3.05, 3.63) is 29.8 Å². The maximum Gasteiger partial charge on any atom is 0.408 e. The Morgan fingerprint density at radius 2 is 1.82 bits per heavy atom. The lowest BCUT2D eigenvalue weighted by atomic mass is 9.99. The summed E-state index contributed by atoms with van der Waals surface area (Å²) in [7, 11) is -3.64. The number of carbonyl (C=O) groups is 4. The molecule has 2 saturated heterocycles. The fraction of sp³-hybridized carbons (Fsp3) is 0.630. The van der Waals surface area contributed by atoms with Crippen LogP contribution in [-0.2, 0) is 24.2 Å². The number of hydrogen-bond acceptors (Lipinski definition) is 7. The van der Waals surface area contributed by atoms with Crippen molar-refractivity contribution in [3.63, 3.8) is 0 Å². The topological polar surface area (TPSA) is 154 Å². The van der Waals surface area contributed by atoms with E-state index in [1.54, 1.807) is 20.8 Å². The van der Waals surface area contributed by atoms with Crippen molar-refractivity contribution >= 4 is 33.7 Å². The molecule has 0 bridgehead atoms. The minimum atomic E-state index is -3.64. The van der Waals surface area contributed by atoms with E-state index in [-0.39, 0.29) is 25.0 Å². The van der Waals surface area contributed by atoms with Crippen LogP contribution in [0.3, 0.4) is 0 Å². The number of para-hydroxylation sites is 1. The van der Waals surface area contributed by atoms with Crippen molar-refractivity contribution in [1.82, 2.24) is 20.0 Å². The van der Waals surface area contributed by atoms with E-state index >= 15 is 0 Å². The monoisotopic (exact) mass is 578 g/mol. The lowest BCUT2D eigenvalue weighted by molar-refractivity contribution is -0.149. The molecule has 3 aliphatic rings. The first-order valence-electron chi connectivity index (χ1n) is 13.5. The first-order valence-corrected chi connectivity index (χ1v) is 15.6. The Morgan fingerprint density at radius 3 is 2.48 bits per heavy atom. The van der Waals surface area contributed by atoms with Crippen molar-refractivity contribution in [2.75, 3.05) is 31.7 Å². The fourth-order valence-corrected chi connectivity index (χ4v) is 6.63. The standard InChI is InChI=1S/C27H38N4O8S/c1-27(2,3)31(26(35)36)21-15-29(23(32)16-40(4,37)38)13-11-17-9-10-20(30(17)25(21)34)24(33)28-19-12-14-39-22-8-6-5-7-18(19)22/h5-8,17,19-21H,9-16H2,1-4H3,(H,28,33)(H,35,36)/t17-,19-,20+,21+/m1/s1. The van der Waals surface area contributed by atoms with Crippen LogP contribution < -0.4 is 10.1 Å². The minimum Gasteiger partial charge on any atom is -0.493 e. The summed E-state index contributed by atoms with van der Waals surface area (Å²) in [6, 6.07) is 4.65. The van der Waals surface area contributed by atoms with E-state index < -0.39 is 57.2 Å². The number of carboxylic acid groups (broad SMARTS) is 1. The van der Waals surface area contributed by atoms with Crippen LogP contribution in [-0.4, -0.2) is 107 Å². The number of amides is 4. The van der Waals surface area contributed by atoms with Crippen molar-refractivity contribution in [2.24, 2.45) is 0 Å². The van der Waals surface area contributed by atoms with Gasteiger partial charge < -0.3 is 25.0 Å². The average Bonchev–Trinajstić information content (AvgIpc) is 3.26. The number of nitrogens with one attached hydrogen (secondary N) is 1. The maximum absolute atomic E-state index is 14.2. The zero-order chi connectivity index (χ0) is 29.4. The molecule has 220 valence electrons. The normalized spacial score (nSPS) is 25.1. The number of sulfone groups is 1. The van der Waals surface area contributed by atoms with Gasteiger partial charge in [0.2, 0.25) is 17.7 Å². The average molecular weight is 579 g/mol. The molecular formula is C27H38N4O8S. The molecule has 4 rings (SSSR count). The van der Waals surface area contributed by atoms with Gasteiger partial charge >= 0.3 is 6.09 Å². The van der Waals surface area contributed by atoms with Gasteiger partial charge in [-0.1, -0.05) is 18.2 Å². The third kappa shape index (κ3) is 6.34. The molecule has 3 aliphatic heterocycles. The SMILES string of the molecule is CC(C)(C)N(C(=O)O)[C@H]1CN(C(=O)CS(C)(=O)=O)CC[C@H]2CC[C@@H](C(=O)N[C@@H]3CCOc4ccccc43)N2C1=O. The summed E-state index contributed by atoms with van der Waals surface area (Å²) < 4.78 is 29.4. The second kappa shape index (κ2) is 11.3. The number of hydrogen-bond donors (Lipinski definition) is 2. The summed E-state index contributed by atoms with van der Waals surface area (Å²) in [5, 5.41) is 13.2. The van der Waals surface area contributed by atoms with Gasteiger partial charge in [-0.25, -0.2) is 13.2 Å².